The Bertz CT molecular complexity index is 1260. The molecule has 3 atom stereocenters. The number of anilines is 2. The number of allylic oxidation sites excluding steroid dienone is 2. The quantitative estimate of drug-likeness (QED) is 0.672. The van der Waals surface area contributed by atoms with E-state index in [-0.39, 0.29) is 23.2 Å². The van der Waals surface area contributed by atoms with Crippen LogP contribution in [0.1, 0.15) is 36.0 Å². The number of hydrogen-bond donors (Lipinski definition) is 1. The lowest BCUT2D eigenvalue weighted by molar-refractivity contribution is -0.121. The van der Waals surface area contributed by atoms with Crippen LogP contribution in [-0.4, -0.2) is 20.7 Å². The second-order valence-corrected chi connectivity index (χ2v) is 8.52. The van der Waals surface area contributed by atoms with E-state index in [1.807, 2.05) is 50.3 Å². The van der Waals surface area contributed by atoms with E-state index in [1.165, 1.54) is 0 Å². The maximum absolute atomic E-state index is 12.9. The first-order valence-corrected chi connectivity index (χ1v) is 10.8. The van der Waals surface area contributed by atoms with Crippen LogP contribution in [-0.2, 0) is 16.6 Å². The Balaban J connectivity index is 1.80. The summed E-state index contributed by atoms with van der Waals surface area (Å²) in [5.41, 5.74) is 3.35. The predicted octanol–water partition coefficient (Wildman–Crippen LogP) is 4.44. The lowest BCUT2D eigenvalue weighted by Gasteiger charge is -2.48. The third-order valence-corrected chi connectivity index (χ3v) is 6.75. The molecular weight excluding hydrogens is 398 g/mol. The highest BCUT2D eigenvalue weighted by atomic mass is 16.1. The smallest absolute Gasteiger partial charge is 0.176 e. The molecule has 3 aromatic rings. The van der Waals surface area contributed by atoms with Gasteiger partial charge in [-0.25, -0.2) is 9.97 Å². The topological polar surface area (TPSA) is 91.6 Å². The molecule has 2 aromatic heterocycles. The summed E-state index contributed by atoms with van der Waals surface area (Å²) in [5, 5.41) is 13.2. The SMILES string of the molecule is Cc1nc(Nc2cccnc2)c2c(n1)[C@@]1(c3ccccc3)C=C(C#N)C(=O)[C@@H](C)[C@@H]1CC2. The van der Waals surface area contributed by atoms with Gasteiger partial charge in [0, 0.05) is 17.7 Å². The molecule has 0 radical (unpaired) electrons. The van der Waals surface area contributed by atoms with Gasteiger partial charge in [-0.15, -0.1) is 0 Å². The van der Waals surface area contributed by atoms with Crippen molar-refractivity contribution in [2.45, 2.75) is 32.1 Å². The Hall–Kier alpha value is -3.85. The largest absolute Gasteiger partial charge is 0.339 e. The molecule has 0 saturated heterocycles. The highest BCUT2D eigenvalue weighted by molar-refractivity contribution is 6.02. The van der Waals surface area contributed by atoms with Crippen molar-refractivity contribution in [1.29, 1.82) is 5.26 Å². The molecule has 5 rings (SSSR count). The monoisotopic (exact) mass is 421 g/mol. The fraction of sp³-hybridized carbons (Fsp3) is 0.269. The number of carbonyl (C=O) groups is 1. The van der Waals surface area contributed by atoms with Crippen molar-refractivity contribution in [2.75, 3.05) is 5.32 Å². The van der Waals surface area contributed by atoms with Crippen molar-refractivity contribution >= 4 is 17.3 Å². The molecule has 0 spiro atoms. The molecule has 0 unspecified atom stereocenters. The minimum atomic E-state index is -0.660. The molecule has 2 heterocycles. The summed E-state index contributed by atoms with van der Waals surface area (Å²) >= 11 is 0. The van der Waals surface area contributed by atoms with Gasteiger partial charge in [0.2, 0.25) is 0 Å². The van der Waals surface area contributed by atoms with Crippen LogP contribution in [0, 0.1) is 30.1 Å². The van der Waals surface area contributed by atoms with Gasteiger partial charge in [0.05, 0.1) is 28.6 Å². The van der Waals surface area contributed by atoms with Gasteiger partial charge in [-0.3, -0.25) is 9.78 Å². The lowest BCUT2D eigenvalue weighted by Crippen LogP contribution is -2.48. The second-order valence-electron chi connectivity index (χ2n) is 8.52. The first kappa shape index (κ1) is 20.1. The Morgan fingerprint density at radius 1 is 1.16 bits per heavy atom. The summed E-state index contributed by atoms with van der Waals surface area (Å²) in [5.74, 6) is 1.07. The summed E-state index contributed by atoms with van der Waals surface area (Å²) in [6.45, 7) is 3.83. The number of aryl methyl sites for hydroxylation is 1. The molecule has 0 fully saturated rings. The van der Waals surface area contributed by atoms with Crippen LogP contribution in [0.3, 0.4) is 0 Å². The number of nitrogens with one attached hydrogen (secondary N) is 1. The number of aromatic nitrogens is 3. The molecule has 6 heteroatoms. The van der Waals surface area contributed by atoms with Gasteiger partial charge in [0.25, 0.3) is 0 Å². The molecule has 32 heavy (non-hydrogen) atoms. The van der Waals surface area contributed by atoms with Crippen molar-refractivity contribution in [3.63, 3.8) is 0 Å². The van der Waals surface area contributed by atoms with Gasteiger partial charge in [-0.05, 0) is 49.5 Å². The molecule has 2 aliphatic carbocycles. The zero-order chi connectivity index (χ0) is 22.3. The minimum absolute atomic E-state index is 0.0162. The number of Topliss-reactive ketones (excluding diaryl/α,β-unsaturated/α-hetero) is 1. The third-order valence-electron chi connectivity index (χ3n) is 6.75. The highest BCUT2D eigenvalue weighted by Crippen LogP contribution is 2.54. The molecule has 0 saturated carbocycles. The maximum atomic E-state index is 12.9. The van der Waals surface area contributed by atoms with Gasteiger partial charge < -0.3 is 5.32 Å². The first-order valence-electron chi connectivity index (χ1n) is 10.8. The summed E-state index contributed by atoms with van der Waals surface area (Å²) in [4.78, 5) is 26.8. The number of carbonyl (C=O) groups excluding carboxylic acids is 1. The van der Waals surface area contributed by atoms with Crippen molar-refractivity contribution in [3.05, 3.63) is 89.2 Å². The summed E-state index contributed by atoms with van der Waals surface area (Å²) in [6.07, 6.45) is 6.92. The fourth-order valence-corrected chi connectivity index (χ4v) is 5.34. The number of fused-ring (bicyclic) bond motifs is 3. The predicted molar refractivity (Wildman–Crippen MR) is 121 cm³/mol. The molecule has 0 bridgehead atoms. The van der Waals surface area contributed by atoms with Crippen LogP contribution in [0.2, 0.25) is 0 Å². The molecule has 1 aromatic carbocycles. The molecule has 0 amide bonds. The molecule has 158 valence electrons. The van der Waals surface area contributed by atoms with Crippen LogP contribution in [0.4, 0.5) is 11.5 Å². The Labute approximate surface area is 187 Å². The van der Waals surface area contributed by atoms with E-state index in [2.05, 4.69) is 28.5 Å². The number of nitriles is 1. The van der Waals surface area contributed by atoms with Crippen molar-refractivity contribution in [1.82, 2.24) is 15.0 Å². The van der Waals surface area contributed by atoms with Crippen LogP contribution >= 0.6 is 0 Å². The Morgan fingerprint density at radius 3 is 2.69 bits per heavy atom. The summed E-state index contributed by atoms with van der Waals surface area (Å²) in [6, 6.07) is 16.1. The lowest BCUT2D eigenvalue weighted by atomic mass is 9.54. The van der Waals surface area contributed by atoms with E-state index in [1.54, 1.807) is 12.4 Å². The maximum Gasteiger partial charge on any atom is 0.176 e. The molecule has 2 aliphatic rings. The number of nitrogens with zero attached hydrogens (tertiary/aromatic N) is 4. The number of rotatable bonds is 3. The fourth-order valence-electron chi connectivity index (χ4n) is 5.34. The van der Waals surface area contributed by atoms with E-state index >= 15 is 0 Å². The zero-order valence-electron chi connectivity index (χ0n) is 18.0. The average Bonchev–Trinajstić information content (AvgIpc) is 2.82. The normalized spacial score (nSPS) is 24.0. The molecule has 0 aliphatic heterocycles. The standard InChI is InChI=1S/C26H23N5O/c1-16-22-11-10-21-24(29-17(2)30-25(21)31-20-9-6-12-28-15-20)26(22,13-18(14-27)23(16)32)19-7-4-3-5-8-19/h3-9,12-13,15-16,22H,10-11H2,1-2H3,(H,29,30,31)/t16-,22-,26+/m0/s1. The van der Waals surface area contributed by atoms with Gasteiger partial charge in [-0.2, -0.15) is 5.26 Å². The van der Waals surface area contributed by atoms with Gasteiger partial charge in [-0.1, -0.05) is 37.3 Å². The number of benzene rings is 1. The van der Waals surface area contributed by atoms with Crippen molar-refractivity contribution < 1.29 is 4.79 Å². The van der Waals surface area contributed by atoms with Crippen LogP contribution in [0.15, 0.2) is 66.5 Å². The van der Waals surface area contributed by atoms with Gasteiger partial charge in [0.15, 0.2) is 5.78 Å². The van der Waals surface area contributed by atoms with E-state index in [4.69, 9.17) is 9.97 Å². The molecule has 1 N–H and O–H groups in total. The minimum Gasteiger partial charge on any atom is -0.339 e. The zero-order valence-corrected chi connectivity index (χ0v) is 18.0. The molecular formula is C26H23N5O. The van der Waals surface area contributed by atoms with Gasteiger partial charge in [0.1, 0.15) is 17.7 Å². The Kier molecular flexibility index (Phi) is 4.82. The van der Waals surface area contributed by atoms with E-state index in [9.17, 15) is 10.1 Å². The van der Waals surface area contributed by atoms with E-state index < -0.39 is 5.41 Å². The van der Waals surface area contributed by atoms with Crippen LogP contribution in [0.5, 0.6) is 0 Å². The van der Waals surface area contributed by atoms with Gasteiger partial charge >= 0.3 is 0 Å². The van der Waals surface area contributed by atoms with E-state index in [0.717, 1.165) is 41.2 Å². The van der Waals surface area contributed by atoms with Crippen molar-refractivity contribution in [3.8, 4) is 6.07 Å². The summed E-state index contributed by atoms with van der Waals surface area (Å²) in [7, 11) is 0. The number of ketones is 1. The molecule has 6 nitrogen and oxygen atoms in total. The Morgan fingerprint density at radius 2 is 1.97 bits per heavy atom. The first-order chi connectivity index (χ1) is 15.5. The summed E-state index contributed by atoms with van der Waals surface area (Å²) < 4.78 is 0. The average molecular weight is 422 g/mol. The van der Waals surface area contributed by atoms with Crippen LogP contribution < -0.4 is 5.32 Å². The van der Waals surface area contributed by atoms with E-state index in [0.29, 0.717) is 5.82 Å². The second kappa shape index (κ2) is 7.69. The van der Waals surface area contributed by atoms with Crippen LogP contribution in [0.25, 0.3) is 0 Å². The number of pyridine rings is 1. The highest BCUT2D eigenvalue weighted by Gasteiger charge is 2.53. The third kappa shape index (κ3) is 3.01. The van der Waals surface area contributed by atoms with Crippen molar-refractivity contribution in [2.24, 2.45) is 11.8 Å². The number of hydrogen-bond acceptors (Lipinski definition) is 6.